The number of nitrogens with one attached hydrogen (secondary N) is 2. The first-order chi connectivity index (χ1) is 4.35. The van der Waals surface area contributed by atoms with E-state index in [1.807, 2.05) is 5.70 Å². The van der Waals surface area contributed by atoms with Crippen LogP contribution in [0, 0.1) is 0 Å². The van der Waals surface area contributed by atoms with Crippen LogP contribution in [0.5, 0.6) is 0 Å². The van der Waals surface area contributed by atoms with E-state index in [0.29, 0.717) is 0 Å². The molecule has 0 atom stereocenters. The van der Waals surface area contributed by atoms with Crippen LogP contribution >= 0.6 is 0 Å². The molecule has 0 saturated carbocycles. The van der Waals surface area contributed by atoms with E-state index in [9.17, 15) is 0 Å². The summed E-state index contributed by atoms with van der Waals surface area (Å²) in [4.78, 5) is 6.69. The topological polar surface area (TPSA) is 24.1 Å². The molecule has 9 heavy (non-hydrogen) atoms. The van der Waals surface area contributed by atoms with Crippen molar-refractivity contribution in [2.45, 2.75) is 13.8 Å². The molecule has 0 aliphatic rings. The lowest BCUT2D eigenvalue weighted by Gasteiger charge is -2.10. The fourth-order valence-electron chi connectivity index (χ4n) is 0.679. The predicted molar refractivity (Wildman–Crippen MR) is 44.7 cm³/mol. The van der Waals surface area contributed by atoms with Gasteiger partial charge in [0.25, 0.3) is 0 Å². The summed E-state index contributed by atoms with van der Waals surface area (Å²) in [6.45, 7) is 10.0. The fraction of sp³-hybridized carbons (Fsp3) is 0.667. The summed E-state index contributed by atoms with van der Waals surface area (Å²) in [5.74, 6) is 0. The average molecular weight is 144 g/mol. The third kappa shape index (κ3) is 4.38. The van der Waals surface area contributed by atoms with Crippen LogP contribution in [0.25, 0.3) is 0 Å². The second-order valence-electron chi connectivity index (χ2n) is 1.83. The predicted octanol–water partition coefficient (Wildman–Crippen LogP) is 0.151. The Labute approximate surface area is 59.1 Å². The zero-order valence-corrected chi connectivity index (χ0v) is 7.43. The highest BCUT2D eigenvalue weighted by Crippen LogP contribution is 1.70. The molecule has 2 N–H and O–H groups in total. The van der Waals surface area contributed by atoms with Crippen LogP contribution in [0.1, 0.15) is 13.8 Å². The quantitative estimate of drug-likeness (QED) is 0.537. The Morgan fingerprint density at radius 2 is 1.78 bits per heavy atom. The van der Waals surface area contributed by atoms with Gasteiger partial charge in [-0.25, -0.2) is 0 Å². The van der Waals surface area contributed by atoms with E-state index in [4.69, 9.17) is 0 Å². The minimum atomic E-state index is -0.949. The monoisotopic (exact) mass is 144 g/mol. The van der Waals surface area contributed by atoms with Gasteiger partial charge in [0, 0.05) is 0 Å². The summed E-state index contributed by atoms with van der Waals surface area (Å²) in [5, 5.41) is 0. The molecule has 0 aliphatic carbocycles. The van der Waals surface area contributed by atoms with Crippen molar-refractivity contribution in [2.24, 2.45) is 0 Å². The van der Waals surface area contributed by atoms with Gasteiger partial charge in [0.05, 0.1) is 0 Å². The molecule has 0 spiro atoms. The molecule has 3 heteroatoms. The zero-order chi connectivity index (χ0) is 7.11. The molecule has 0 aromatic heterocycles. The molecular weight excluding hydrogens is 128 g/mol. The SMILES string of the molecule is C=C[SiH](NCC)NCC. The smallest absolute Gasteiger partial charge is 0.209 e. The van der Waals surface area contributed by atoms with Crippen molar-refractivity contribution in [1.82, 2.24) is 9.96 Å². The van der Waals surface area contributed by atoms with Crippen LogP contribution in [0.4, 0.5) is 0 Å². The molecule has 0 rings (SSSR count). The van der Waals surface area contributed by atoms with Gasteiger partial charge in [-0.3, -0.25) is 0 Å². The van der Waals surface area contributed by atoms with E-state index >= 15 is 0 Å². The summed E-state index contributed by atoms with van der Waals surface area (Å²) in [6.07, 6.45) is 0. The van der Waals surface area contributed by atoms with Crippen LogP contribution in [-0.4, -0.2) is 22.2 Å². The maximum atomic E-state index is 3.73. The lowest BCUT2D eigenvalue weighted by Crippen LogP contribution is -2.45. The van der Waals surface area contributed by atoms with E-state index in [1.54, 1.807) is 0 Å². The zero-order valence-electron chi connectivity index (χ0n) is 6.28. The van der Waals surface area contributed by atoms with E-state index in [0.717, 1.165) is 13.1 Å². The Bertz CT molecular complexity index is 69.5. The third-order valence-corrected chi connectivity index (χ3v) is 3.25. The molecule has 0 bridgehead atoms. The summed E-state index contributed by atoms with van der Waals surface area (Å²) in [7, 11) is -0.949. The third-order valence-electron chi connectivity index (χ3n) is 1.08. The molecule has 0 heterocycles. The first-order valence-electron chi connectivity index (χ1n) is 3.44. The summed E-state index contributed by atoms with van der Waals surface area (Å²) < 4.78 is 0. The van der Waals surface area contributed by atoms with Gasteiger partial charge >= 0.3 is 0 Å². The minimum Gasteiger partial charge on any atom is -0.325 e. The molecule has 0 fully saturated rings. The highest BCUT2D eigenvalue weighted by atomic mass is 28.3. The number of hydrogen-bond acceptors (Lipinski definition) is 2. The maximum Gasteiger partial charge on any atom is 0.209 e. The van der Waals surface area contributed by atoms with Gasteiger partial charge in [-0.15, -0.1) is 6.58 Å². The lowest BCUT2D eigenvalue weighted by molar-refractivity contribution is 0.905. The number of rotatable bonds is 5. The summed E-state index contributed by atoms with van der Waals surface area (Å²) >= 11 is 0. The normalized spacial score (nSPS) is 10.1. The summed E-state index contributed by atoms with van der Waals surface area (Å²) in [5.41, 5.74) is 2.01. The van der Waals surface area contributed by atoms with Crippen molar-refractivity contribution >= 4 is 9.12 Å². The van der Waals surface area contributed by atoms with Gasteiger partial charge in [-0.05, 0) is 13.1 Å². The van der Waals surface area contributed by atoms with Crippen molar-refractivity contribution in [3.63, 3.8) is 0 Å². The van der Waals surface area contributed by atoms with Crippen LogP contribution in [0.15, 0.2) is 12.3 Å². The molecule has 2 nitrogen and oxygen atoms in total. The lowest BCUT2D eigenvalue weighted by atomic mass is 10.8. The Kier molecular flexibility index (Phi) is 5.92. The van der Waals surface area contributed by atoms with E-state index in [1.165, 1.54) is 0 Å². The largest absolute Gasteiger partial charge is 0.325 e. The van der Waals surface area contributed by atoms with Crippen molar-refractivity contribution in [3.05, 3.63) is 12.3 Å². The Morgan fingerprint density at radius 3 is 2.00 bits per heavy atom. The van der Waals surface area contributed by atoms with E-state index in [-0.39, 0.29) is 0 Å². The summed E-state index contributed by atoms with van der Waals surface area (Å²) in [6, 6.07) is 0. The Balaban J connectivity index is 3.29. The van der Waals surface area contributed by atoms with Crippen LogP contribution in [0.3, 0.4) is 0 Å². The van der Waals surface area contributed by atoms with Crippen LogP contribution in [-0.2, 0) is 0 Å². The highest BCUT2D eigenvalue weighted by molar-refractivity contribution is 6.58. The second-order valence-corrected chi connectivity index (χ2v) is 4.07. The van der Waals surface area contributed by atoms with Crippen molar-refractivity contribution < 1.29 is 0 Å². The molecule has 0 amide bonds. The first-order valence-corrected chi connectivity index (χ1v) is 5.26. The van der Waals surface area contributed by atoms with Gasteiger partial charge in [0.2, 0.25) is 9.12 Å². The maximum absolute atomic E-state index is 3.73. The Hall–Kier alpha value is -0.123. The minimum absolute atomic E-state index is 0.949. The van der Waals surface area contributed by atoms with Crippen molar-refractivity contribution in [3.8, 4) is 0 Å². The second kappa shape index (κ2) is 6.00. The Morgan fingerprint density at radius 1 is 1.33 bits per heavy atom. The van der Waals surface area contributed by atoms with Crippen LogP contribution < -0.4 is 9.96 Å². The van der Waals surface area contributed by atoms with Gasteiger partial charge in [-0.1, -0.05) is 19.5 Å². The van der Waals surface area contributed by atoms with E-state index in [2.05, 4.69) is 30.4 Å². The van der Waals surface area contributed by atoms with Crippen molar-refractivity contribution in [2.75, 3.05) is 13.1 Å². The molecule has 54 valence electrons. The molecule has 0 saturated heterocycles. The van der Waals surface area contributed by atoms with Crippen LogP contribution in [0.2, 0.25) is 0 Å². The van der Waals surface area contributed by atoms with Crippen molar-refractivity contribution in [1.29, 1.82) is 0 Å². The molecule has 0 aromatic rings. The van der Waals surface area contributed by atoms with Gasteiger partial charge < -0.3 is 9.96 Å². The standard InChI is InChI=1S/C6H16N2Si/c1-4-7-9(6-3)8-5-2/h6-9H,3-5H2,1-2H3. The average Bonchev–Trinajstić information content (AvgIpc) is 1.88. The van der Waals surface area contributed by atoms with Gasteiger partial charge in [0.15, 0.2) is 0 Å². The molecular formula is C6H16N2Si. The highest BCUT2D eigenvalue weighted by Gasteiger charge is 1.98. The fourth-order valence-corrected chi connectivity index (χ4v) is 2.04. The molecule has 0 aliphatic heterocycles. The number of hydrogen-bond donors (Lipinski definition) is 2. The molecule has 0 radical (unpaired) electrons. The van der Waals surface area contributed by atoms with Gasteiger partial charge in [0.1, 0.15) is 0 Å². The van der Waals surface area contributed by atoms with Gasteiger partial charge in [-0.2, -0.15) is 0 Å². The van der Waals surface area contributed by atoms with E-state index < -0.39 is 9.12 Å². The first kappa shape index (κ1) is 8.88. The molecule has 0 aromatic carbocycles. The molecule has 0 unspecified atom stereocenters.